The topological polar surface area (TPSA) is 89.3 Å². The van der Waals surface area contributed by atoms with Crippen LogP contribution < -0.4 is 5.32 Å². The molecule has 0 aliphatic heterocycles. The Bertz CT molecular complexity index is 886. The molecule has 0 spiro atoms. The van der Waals surface area contributed by atoms with Gasteiger partial charge in [-0.3, -0.25) is 10.1 Å². The minimum absolute atomic E-state index is 0.0250. The minimum Gasteiger partial charge on any atom is -0.350 e. The van der Waals surface area contributed by atoms with E-state index in [1.165, 1.54) is 6.07 Å². The Hall–Kier alpha value is -2.33. The highest BCUT2D eigenvalue weighted by atomic mass is 35.5. The van der Waals surface area contributed by atoms with E-state index in [9.17, 15) is 31.7 Å². The van der Waals surface area contributed by atoms with E-state index in [1.807, 2.05) is 0 Å². The molecule has 0 aliphatic carbocycles. The summed E-state index contributed by atoms with van der Waals surface area (Å²) in [4.78, 5) is 9.23. The van der Waals surface area contributed by atoms with Crippen molar-refractivity contribution in [2.24, 2.45) is 0 Å². The number of benzene rings is 2. The molecular weight excluding hydrogens is 373 g/mol. The maximum absolute atomic E-state index is 13.3. The van der Waals surface area contributed by atoms with E-state index in [0.29, 0.717) is 6.07 Å². The molecule has 0 amide bonds. The number of anilines is 2. The minimum atomic E-state index is -4.98. The summed E-state index contributed by atoms with van der Waals surface area (Å²) >= 11 is 5.66. The van der Waals surface area contributed by atoms with Crippen LogP contribution in [-0.2, 0) is 9.84 Å². The summed E-state index contributed by atoms with van der Waals surface area (Å²) in [5, 5.41) is 13.6. The lowest BCUT2D eigenvalue weighted by atomic mass is 10.2. The molecule has 0 aliphatic rings. The van der Waals surface area contributed by atoms with Crippen LogP contribution in [0.1, 0.15) is 0 Å². The van der Waals surface area contributed by atoms with Gasteiger partial charge in [0, 0.05) is 16.8 Å². The molecule has 0 radical (unpaired) electrons. The lowest BCUT2D eigenvalue weighted by molar-refractivity contribution is -0.384. The molecule has 6 nitrogen and oxygen atoms in total. The van der Waals surface area contributed by atoms with Crippen LogP contribution in [0.25, 0.3) is 0 Å². The van der Waals surface area contributed by atoms with Crippen molar-refractivity contribution in [3.63, 3.8) is 0 Å². The molecule has 2 aromatic rings. The van der Waals surface area contributed by atoms with Crippen LogP contribution in [0.4, 0.5) is 30.2 Å². The number of nitro groups is 1. The Morgan fingerprint density at radius 2 is 1.83 bits per heavy atom. The maximum atomic E-state index is 13.3. The van der Waals surface area contributed by atoms with Crippen molar-refractivity contribution < 1.29 is 26.5 Å². The molecule has 11 heteroatoms. The zero-order chi connectivity index (χ0) is 18.1. The van der Waals surface area contributed by atoms with Crippen molar-refractivity contribution in [3.8, 4) is 0 Å². The van der Waals surface area contributed by atoms with Crippen molar-refractivity contribution in [1.82, 2.24) is 0 Å². The van der Waals surface area contributed by atoms with Gasteiger partial charge in [0.1, 0.15) is 11.5 Å². The predicted molar refractivity (Wildman–Crippen MR) is 81.0 cm³/mol. The Morgan fingerprint density at radius 1 is 1.17 bits per heavy atom. The quantitative estimate of drug-likeness (QED) is 0.622. The Balaban J connectivity index is 2.50. The molecule has 0 aromatic heterocycles. The van der Waals surface area contributed by atoms with Gasteiger partial charge in [0.25, 0.3) is 5.69 Å². The molecule has 24 heavy (non-hydrogen) atoms. The van der Waals surface area contributed by atoms with Crippen molar-refractivity contribution in [3.05, 3.63) is 57.4 Å². The van der Waals surface area contributed by atoms with Crippen molar-refractivity contribution in [2.45, 2.75) is 10.7 Å². The number of nitro benzene ring substituents is 1. The second-order valence-electron chi connectivity index (χ2n) is 4.52. The number of nitrogens with zero attached hydrogens (tertiary/aromatic N) is 1. The first kappa shape index (κ1) is 18.0. The van der Waals surface area contributed by atoms with E-state index in [1.54, 1.807) is 0 Å². The van der Waals surface area contributed by atoms with Crippen molar-refractivity contribution in [2.75, 3.05) is 5.32 Å². The highest BCUT2D eigenvalue weighted by molar-refractivity contribution is 7.91. The normalized spacial score (nSPS) is 11.5. The van der Waals surface area contributed by atoms with Gasteiger partial charge in [-0.25, -0.2) is 12.8 Å². The van der Waals surface area contributed by atoms with Gasteiger partial charge in [-0.05, 0) is 30.3 Å². The van der Waals surface area contributed by atoms with Gasteiger partial charge in [-0.1, -0.05) is 11.6 Å². The molecule has 0 atom stereocenters. The lowest BCUT2D eigenvalue weighted by Crippen LogP contribution is -2.12. The molecule has 2 rings (SSSR count). The summed E-state index contributed by atoms with van der Waals surface area (Å²) in [5.74, 6) is -4.41. The van der Waals surface area contributed by atoms with Crippen molar-refractivity contribution >= 4 is 38.5 Å². The summed E-state index contributed by atoms with van der Waals surface area (Å²) in [5.41, 5.74) is -0.917. The molecule has 0 unspecified atom stereocenters. The number of rotatable bonds is 5. The first-order valence-corrected chi connectivity index (χ1v) is 8.07. The first-order chi connectivity index (χ1) is 11.1. The number of nitrogens with one attached hydrogen (secondary N) is 1. The van der Waals surface area contributed by atoms with Crippen LogP contribution in [0.3, 0.4) is 0 Å². The first-order valence-electron chi connectivity index (χ1n) is 6.15. The molecule has 0 saturated carbocycles. The number of hydrogen-bond donors (Lipinski definition) is 1. The Labute approximate surface area is 138 Å². The van der Waals surface area contributed by atoms with E-state index < -0.39 is 36.9 Å². The van der Waals surface area contributed by atoms with Gasteiger partial charge in [-0.15, -0.1) is 0 Å². The summed E-state index contributed by atoms with van der Waals surface area (Å²) in [6, 6.07) is 5.52. The van der Waals surface area contributed by atoms with E-state index in [0.717, 1.165) is 24.3 Å². The van der Waals surface area contributed by atoms with Crippen LogP contribution in [0, 0.1) is 15.9 Å². The Kier molecular flexibility index (Phi) is 4.99. The summed E-state index contributed by atoms with van der Waals surface area (Å²) in [6.07, 6.45) is 0. The highest BCUT2D eigenvalue weighted by Gasteiger charge is 2.29. The third-order valence-electron chi connectivity index (χ3n) is 2.87. The van der Waals surface area contributed by atoms with Crippen LogP contribution >= 0.6 is 11.6 Å². The smallest absolute Gasteiger partial charge is 0.341 e. The van der Waals surface area contributed by atoms with E-state index in [2.05, 4.69) is 5.32 Å². The average molecular weight is 381 g/mol. The van der Waals surface area contributed by atoms with Crippen LogP contribution in [0.15, 0.2) is 41.3 Å². The fourth-order valence-corrected chi connectivity index (χ4v) is 2.79. The number of hydrogen-bond acceptors (Lipinski definition) is 5. The SMILES string of the molecule is O=[N+]([O-])c1cc(S(=O)(=O)C(F)F)ccc1Nc1cc(F)cc(Cl)c1. The summed E-state index contributed by atoms with van der Waals surface area (Å²) in [6.45, 7) is 0. The second kappa shape index (κ2) is 6.65. The van der Waals surface area contributed by atoms with Gasteiger partial charge in [-0.2, -0.15) is 8.78 Å². The van der Waals surface area contributed by atoms with Crippen LogP contribution in [0.5, 0.6) is 0 Å². The molecule has 0 fully saturated rings. The molecule has 0 bridgehead atoms. The number of alkyl halides is 2. The van der Waals surface area contributed by atoms with E-state index in [4.69, 9.17) is 11.6 Å². The third kappa shape index (κ3) is 3.77. The number of halogens is 4. The van der Waals surface area contributed by atoms with Crippen molar-refractivity contribution in [1.29, 1.82) is 0 Å². The van der Waals surface area contributed by atoms with Crippen LogP contribution in [-0.4, -0.2) is 19.1 Å². The third-order valence-corrected chi connectivity index (χ3v) is 4.47. The standard InChI is InChI=1S/C13H8ClF3N2O4S/c14-7-3-8(15)5-9(4-7)18-11-2-1-10(6-12(11)19(20)21)24(22,23)13(16)17/h1-6,13,18H. The van der Waals surface area contributed by atoms with Gasteiger partial charge < -0.3 is 5.32 Å². The molecule has 128 valence electrons. The van der Waals surface area contributed by atoms with Gasteiger partial charge >= 0.3 is 5.76 Å². The predicted octanol–water partition coefficient (Wildman–Crippen LogP) is 4.13. The van der Waals surface area contributed by atoms with Gasteiger partial charge in [0.05, 0.1) is 9.82 Å². The fourth-order valence-electron chi connectivity index (χ4n) is 1.83. The van der Waals surface area contributed by atoms with E-state index in [-0.39, 0.29) is 16.4 Å². The zero-order valence-electron chi connectivity index (χ0n) is 11.5. The molecular formula is C13H8ClF3N2O4S. The van der Waals surface area contributed by atoms with Gasteiger partial charge in [0.2, 0.25) is 9.84 Å². The largest absolute Gasteiger partial charge is 0.350 e. The lowest BCUT2D eigenvalue weighted by Gasteiger charge is -2.09. The Morgan fingerprint density at radius 3 is 2.38 bits per heavy atom. The van der Waals surface area contributed by atoms with E-state index >= 15 is 0 Å². The number of sulfone groups is 1. The molecule has 0 saturated heterocycles. The zero-order valence-corrected chi connectivity index (χ0v) is 13.1. The fraction of sp³-hybridized carbons (Fsp3) is 0.0769. The summed E-state index contributed by atoms with van der Waals surface area (Å²) in [7, 11) is -4.98. The maximum Gasteiger partial charge on any atom is 0.341 e. The molecule has 0 heterocycles. The summed E-state index contributed by atoms with van der Waals surface area (Å²) < 4.78 is 61.2. The average Bonchev–Trinajstić information content (AvgIpc) is 2.45. The van der Waals surface area contributed by atoms with Crippen LogP contribution in [0.2, 0.25) is 5.02 Å². The van der Waals surface area contributed by atoms with Gasteiger partial charge in [0.15, 0.2) is 0 Å². The highest BCUT2D eigenvalue weighted by Crippen LogP contribution is 2.32. The molecule has 2 aromatic carbocycles. The second-order valence-corrected chi connectivity index (χ2v) is 6.88. The molecule has 1 N–H and O–H groups in total. The monoisotopic (exact) mass is 380 g/mol.